The Balaban J connectivity index is 1.77. The minimum atomic E-state index is 0.442. The molecule has 0 amide bonds. The Bertz CT molecular complexity index is 381. The molecule has 19 heavy (non-hydrogen) atoms. The molecule has 0 spiro atoms. The number of para-hydroxylation sites is 1. The Morgan fingerprint density at radius 3 is 3.00 bits per heavy atom. The number of benzene rings is 1. The van der Waals surface area contributed by atoms with E-state index in [9.17, 15) is 0 Å². The van der Waals surface area contributed by atoms with Gasteiger partial charge in [0, 0.05) is 12.6 Å². The van der Waals surface area contributed by atoms with Crippen LogP contribution in [0.1, 0.15) is 31.7 Å². The highest BCUT2D eigenvalue weighted by Crippen LogP contribution is 2.19. The summed E-state index contributed by atoms with van der Waals surface area (Å²) in [6.07, 6.45) is 4.84. The third-order valence-corrected chi connectivity index (χ3v) is 3.84. The topological polar surface area (TPSA) is 30.5 Å². The summed E-state index contributed by atoms with van der Waals surface area (Å²) < 4.78 is 11.1. The van der Waals surface area contributed by atoms with Crippen molar-refractivity contribution in [1.82, 2.24) is 5.32 Å². The second-order valence-electron chi connectivity index (χ2n) is 5.14. The predicted molar refractivity (Wildman–Crippen MR) is 77.8 cm³/mol. The van der Waals surface area contributed by atoms with E-state index in [1.54, 1.807) is 7.11 Å². The summed E-state index contributed by atoms with van der Waals surface area (Å²) in [6.45, 7) is 4.09. The molecule has 1 aromatic carbocycles. The Labute approximate surface area is 116 Å². The van der Waals surface area contributed by atoms with Gasteiger partial charge >= 0.3 is 0 Å². The van der Waals surface area contributed by atoms with E-state index in [1.165, 1.54) is 5.56 Å². The lowest BCUT2D eigenvalue weighted by atomic mass is 10.0. The van der Waals surface area contributed by atoms with E-state index in [2.05, 4.69) is 24.4 Å². The van der Waals surface area contributed by atoms with Gasteiger partial charge in [0.25, 0.3) is 0 Å². The summed E-state index contributed by atoms with van der Waals surface area (Å²) in [5.74, 6) is 0.989. The molecule has 3 nitrogen and oxygen atoms in total. The summed E-state index contributed by atoms with van der Waals surface area (Å²) in [5.41, 5.74) is 1.27. The first-order valence-corrected chi connectivity index (χ1v) is 7.30. The first kappa shape index (κ1) is 14.4. The van der Waals surface area contributed by atoms with Gasteiger partial charge in [-0.25, -0.2) is 0 Å². The largest absolute Gasteiger partial charge is 0.496 e. The van der Waals surface area contributed by atoms with Crippen LogP contribution in [0, 0.1) is 0 Å². The van der Waals surface area contributed by atoms with Crippen molar-refractivity contribution in [3.63, 3.8) is 0 Å². The van der Waals surface area contributed by atoms with E-state index in [-0.39, 0.29) is 0 Å². The molecular formula is C16H25NO2. The van der Waals surface area contributed by atoms with Gasteiger partial charge in [-0.2, -0.15) is 0 Å². The maximum Gasteiger partial charge on any atom is 0.122 e. The van der Waals surface area contributed by atoms with Crippen molar-refractivity contribution < 1.29 is 9.47 Å². The molecule has 0 saturated carbocycles. The summed E-state index contributed by atoms with van der Waals surface area (Å²) in [7, 11) is 1.73. The first-order valence-electron chi connectivity index (χ1n) is 7.30. The van der Waals surface area contributed by atoms with Crippen LogP contribution in [0.2, 0.25) is 0 Å². The molecule has 2 rings (SSSR count). The zero-order valence-corrected chi connectivity index (χ0v) is 12.0. The lowest BCUT2D eigenvalue weighted by Crippen LogP contribution is -2.39. The van der Waals surface area contributed by atoms with Gasteiger partial charge in [0.15, 0.2) is 0 Å². The zero-order chi connectivity index (χ0) is 13.5. The van der Waals surface area contributed by atoms with Crippen molar-refractivity contribution in [2.24, 2.45) is 0 Å². The van der Waals surface area contributed by atoms with Crippen LogP contribution in [-0.4, -0.2) is 32.4 Å². The third-order valence-electron chi connectivity index (χ3n) is 3.84. The molecule has 1 aliphatic rings. The fraction of sp³-hybridized carbons (Fsp3) is 0.625. The molecule has 1 heterocycles. The van der Waals surface area contributed by atoms with Gasteiger partial charge in [0.05, 0.1) is 13.2 Å². The molecular weight excluding hydrogens is 238 g/mol. The number of methoxy groups -OCH3 is 1. The van der Waals surface area contributed by atoms with E-state index in [0.29, 0.717) is 12.1 Å². The monoisotopic (exact) mass is 263 g/mol. The molecule has 1 saturated heterocycles. The fourth-order valence-electron chi connectivity index (χ4n) is 2.67. The van der Waals surface area contributed by atoms with Crippen LogP contribution in [-0.2, 0) is 11.2 Å². The molecule has 1 N–H and O–H groups in total. The second kappa shape index (κ2) is 7.51. The molecule has 1 fully saturated rings. The Hall–Kier alpha value is -1.06. The second-order valence-corrected chi connectivity index (χ2v) is 5.14. The van der Waals surface area contributed by atoms with Crippen molar-refractivity contribution >= 4 is 0 Å². The quantitative estimate of drug-likeness (QED) is 0.856. The summed E-state index contributed by atoms with van der Waals surface area (Å²) in [6, 6.07) is 8.85. The summed E-state index contributed by atoms with van der Waals surface area (Å²) in [5, 5.41) is 3.65. The van der Waals surface area contributed by atoms with E-state index in [1.807, 2.05) is 12.1 Å². The van der Waals surface area contributed by atoms with Gasteiger partial charge in [0.1, 0.15) is 5.75 Å². The molecule has 0 aliphatic carbocycles. The molecule has 2 unspecified atom stereocenters. The van der Waals surface area contributed by atoms with Gasteiger partial charge in [-0.05, 0) is 43.9 Å². The highest BCUT2D eigenvalue weighted by Gasteiger charge is 2.20. The average Bonchev–Trinajstić information content (AvgIpc) is 2.48. The van der Waals surface area contributed by atoms with E-state index in [4.69, 9.17) is 9.47 Å². The normalized spacial score (nSPS) is 23.3. The highest BCUT2D eigenvalue weighted by atomic mass is 16.5. The molecule has 1 aromatic rings. The Morgan fingerprint density at radius 1 is 1.37 bits per heavy atom. The summed E-state index contributed by atoms with van der Waals surface area (Å²) >= 11 is 0. The Morgan fingerprint density at radius 2 is 2.21 bits per heavy atom. The SMILES string of the molecule is CCC1CC(NCCc2ccccc2OC)CCO1. The van der Waals surface area contributed by atoms with Crippen LogP contribution >= 0.6 is 0 Å². The van der Waals surface area contributed by atoms with Gasteiger partial charge < -0.3 is 14.8 Å². The molecule has 0 bridgehead atoms. The highest BCUT2D eigenvalue weighted by molar-refractivity contribution is 5.33. The van der Waals surface area contributed by atoms with Crippen molar-refractivity contribution in [3.8, 4) is 5.75 Å². The first-order chi connectivity index (χ1) is 9.33. The maximum absolute atomic E-state index is 5.70. The predicted octanol–water partition coefficient (Wildman–Crippen LogP) is 2.78. The zero-order valence-electron chi connectivity index (χ0n) is 12.0. The van der Waals surface area contributed by atoms with Crippen molar-refractivity contribution in [2.75, 3.05) is 20.3 Å². The standard InChI is InChI=1S/C16H25NO2/c1-3-15-12-14(9-11-19-15)17-10-8-13-6-4-5-7-16(13)18-2/h4-7,14-15,17H,3,8-12H2,1-2H3. The molecule has 0 aromatic heterocycles. The molecule has 1 aliphatic heterocycles. The van der Waals surface area contributed by atoms with Crippen LogP contribution in [0.15, 0.2) is 24.3 Å². The minimum absolute atomic E-state index is 0.442. The van der Waals surface area contributed by atoms with Crippen LogP contribution < -0.4 is 10.1 Å². The number of nitrogens with one attached hydrogen (secondary N) is 1. The average molecular weight is 263 g/mol. The van der Waals surface area contributed by atoms with Crippen molar-refractivity contribution in [1.29, 1.82) is 0 Å². The van der Waals surface area contributed by atoms with Gasteiger partial charge in [0.2, 0.25) is 0 Å². The minimum Gasteiger partial charge on any atom is -0.496 e. The third kappa shape index (κ3) is 4.22. The van der Waals surface area contributed by atoms with Gasteiger partial charge in [-0.15, -0.1) is 0 Å². The maximum atomic E-state index is 5.70. The van der Waals surface area contributed by atoms with Crippen LogP contribution in [0.4, 0.5) is 0 Å². The fourth-order valence-corrected chi connectivity index (χ4v) is 2.67. The van der Waals surface area contributed by atoms with E-state index >= 15 is 0 Å². The summed E-state index contributed by atoms with van der Waals surface area (Å²) in [4.78, 5) is 0. The van der Waals surface area contributed by atoms with Crippen LogP contribution in [0.25, 0.3) is 0 Å². The van der Waals surface area contributed by atoms with Crippen molar-refractivity contribution in [3.05, 3.63) is 29.8 Å². The van der Waals surface area contributed by atoms with Gasteiger partial charge in [-0.3, -0.25) is 0 Å². The lowest BCUT2D eigenvalue weighted by Gasteiger charge is -2.29. The van der Waals surface area contributed by atoms with Crippen molar-refractivity contribution in [2.45, 2.75) is 44.8 Å². The van der Waals surface area contributed by atoms with E-state index in [0.717, 1.165) is 44.6 Å². The van der Waals surface area contributed by atoms with E-state index < -0.39 is 0 Å². The number of rotatable bonds is 6. The molecule has 2 atom stereocenters. The molecule has 106 valence electrons. The van der Waals surface area contributed by atoms with Gasteiger partial charge in [-0.1, -0.05) is 25.1 Å². The van der Waals surface area contributed by atoms with Crippen LogP contribution in [0.5, 0.6) is 5.75 Å². The Kier molecular flexibility index (Phi) is 5.67. The number of hydrogen-bond acceptors (Lipinski definition) is 3. The lowest BCUT2D eigenvalue weighted by molar-refractivity contribution is 0.000110. The number of hydrogen-bond donors (Lipinski definition) is 1. The van der Waals surface area contributed by atoms with Crippen LogP contribution in [0.3, 0.4) is 0 Å². The smallest absolute Gasteiger partial charge is 0.122 e. The number of ether oxygens (including phenoxy) is 2. The molecule has 0 radical (unpaired) electrons. The molecule has 3 heteroatoms.